The van der Waals surface area contributed by atoms with Crippen molar-refractivity contribution in [3.63, 3.8) is 0 Å². The summed E-state index contributed by atoms with van der Waals surface area (Å²) < 4.78 is 2.11. The molecule has 110 valence electrons. The molecular weight excluding hydrogens is 284 g/mol. The average Bonchev–Trinajstić information content (AvgIpc) is 3.16. The van der Waals surface area contributed by atoms with Crippen LogP contribution in [0.2, 0.25) is 0 Å². The number of rotatable bonds is 6. The van der Waals surface area contributed by atoms with Gasteiger partial charge in [0.2, 0.25) is 5.91 Å². The van der Waals surface area contributed by atoms with Crippen molar-refractivity contribution in [2.75, 3.05) is 0 Å². The zero-order valence-corrected chi connectivity index (χ0v) is 12.6. The second-order valence-corrected chi connectivity index (χ2v) is 6.29. The molecule has 0 saturated carbocycles. The summed E-state index contributed by atoms with van der Waals surface area (Å²) in [5.41, 5.74) is 3.56. The molecule has 0 spiro atoms. The van der Waals surface area contributed by atoms with Crippen LogP contribution in [0, 0.1) is 0 Å². The molecule has 3 rings (SSSR count). The van der Waals surface area contributed by atoms with Gasteiger partial charge in [-0.05, 0) is 31.4 Å². The van der Waals surface area contributed by atoms with E-state index in [0.717, 1.165) is 31.5 Å². The minimum absolute atomic E-state index is 0.00929. The monoisotopic (exact) mass is 302 g/mol. The van der Waals surface area contributed by atoms with Crippen LogP contribution in [0.1, 0.15) is 35.4 Å². The molecule has 1 amide bonds. The number of amides is 1. The van der Waals surface area contributed by atoms with Gasteiger partial charge in [0.25, 0.3) is 0 Å². The lowest BCUT2D eigenvalue weighted by molar-refractivity contribution is -0.121. The van der Waals surface area contributed by atoms with Crippen LogP contribution in [0.4, 0.5) is 0 Å². The number of hydrogen-bond acceptors (Lipinski definition) is 4. The zero-order chi connectivity index (χ0) is 14.5. The van der Waals surface area contributed by atoms with Crippen molar-refractivity contribution < 1.29 is 4.79 Å². The van der Waals surface area contributed by atoms with E-state index in [1.54, 1.807) is 11.3 Å². The van der Waals surface area contributed by atoms with Crippen molar-refractivity contribution in [1.82, 2.24) is 15.0 Å². The first-order chi connectivity index (χ1) is 10.3. The van der Waals surface area contributed by atoms with Crippen molar-refractivity contribution in [3.8, 4) is 0 Å². The van der Waals surface area contributed by atoms with Gasteiger partial charge in [-0.1, -0.05) is 0 Å². The predicted octanol–water partition coefficient (Wildman–Crippen LogP) is 2.58. The first-order valence-electron chi connectivity index (χ1n) is 7.21. The summed E-state index contributed by atoms with van der Waals surface area (Å²) in [5.74, 6) is 0.00929. The number of aryl methyl sites for hydroxylation is 2. The van der Waals surface area contributed by atoms with E-state index in [0.29, 0.717) is 6.42 Å². The van der Waals surface area contributed by atoms with E-state index in [1.807, 2.05) is 18.7 Å². The Morgan fingerprint density at radius 2 is 2.24 bits per heavy atom. The van der Waals surface area contributed by atoms with Gasteiger partial charge in [-0.15, -0.1) is 11.3 Å². The molecule has 21 heavy (non-hydrogen) atoms. The fourth-order valence-electron chi connectivity index (χ4n) is 2.33. The van der Waals surface area contributed by atoms with Gasteiger partial charge in [-0.3, -0.25) is 4.79 Å². The molecule has 6 heteroatoms. The molecule has 0 bridgehead atoms. The van der Waals surface area contributed by atoms with Crippen LogP contribution >= 0.6 is 11.3 Å². The molecular formula is C15H18N4OS. The molecule has 0 unspecified atom stereocenters. The van der Waals surface area contributed by atoms with Crippen LogP contribution in [0.15, 0.2) is 36.0 Å². The quantitative estimate of drug-likeness (QED) is 0.834. The number of nitrogens with zero attached hydrogens (tertiary/aromatic N) is 3. The molecule has 3 heterocycles. The Balaban J connectivity index is 1.48. The van der Waals surface area contributed by atoms with Crippen LogP contribution in [-0.2, 0) is 17.8 Å². The topological polar surface area (TPSA) is 59.3 Å². The van der Waals surface area contributed by atoms with Crippen LogP contribution < -0.4 is 5.43 Å². The van der Waals surface area contributed by atoms with Gasteiger partial charge in [0.05, 0.1) is 16.9 Å². The zero-order valence-electron chi connectivity index (χ0n) is 11.8. The Morgan fingerprint density at radius 3 is 3.00 bits per heavy atom. The average molecular weight is 302 g/mol. The number of imidazole rings is 1. The number of hydrazone groups is 1. The van der Waals surface area contributed by atoms with Crippen LogP contribution in [-0.4, -0.2) is 21.2 Å². The highest BCUT2D eigenvalue weighted by Gasteiger charge is 2.14. The summed E-state index contributed by atoms with van der Waals surface area (Å²) in [6, 6.07) is 4.29. The Bertz CT molecular complexity index is 630. The van der Waals surface area contributed by atoms with Gasteiger partial charge >= 0.3 is 0 Å². The molecule has 0 saturated heterocycles. The van der Waals surface area contributed by atoms with Crippen LogP contribution in [0.25, 0.3) is 0 Å². The van der Waals surface area contributed by atoms with E-state index < -0.39 is 0 Å². The number of carbonyl (C=O) groups is 1. The second kappa shape index (κ2) is 6.67. The molecule has 2 aromatic heterocycles. The molecule has 0 atom stereocenters. The molecule has 1 aliphatic heterocycles. The molecule has 1 aliphatic rings. The summed E-state index contributed by atoms with van der Waals surface area (Å²) in [7, 11) is 0. The first-order valence-corrected chi connectivity index (χ1v) is 8.03. The van der Waals surface area contributed by atoms with Crippen LogP contribution in [0.3, 0.4) is 0 Å². The molecule has 0 aromatic carbocycles. The summed E-state index contributed by atoms with van der Waals surface area (Å²) in [4.78, 5) is 17.7. The lowest BCUT2D eigenvalue weighted by Crippen LogP contribution is -2.25. The number of carbonyl (C=O) groups excluding carboxylic acids is 1. The molecule has 0 radical (unpaired) electrons. The number of aromatic nitrogens is 2. The van der Waals surface area contributed by atoms with Gasteiger partial charge in [0, 0.05) is 36.7 Å². The number of unbranched alkanes of at least 4 members (excludes halogenated alkanes) is 1. The maximum absolute atomic E-state index is 11.1. The Kier molecular flexibility index (Phi) is 4.45. The van der Waals surface area contributed by atoms with Gasteiger partial charge in [0.15, 0.2) is 0 Å². The molecule has 0 aliphatic carbocycles. The van der Waals surface area contributed by atoms with Crippen molar-refractivity contribution in [2.24, 2.45) is 5.10 Å². The molecule has 2 aromatic rings. The lowest BCUT2D eigenvalue weighted by atomic mass is 10.1. The van der Waals surface area contributed by atoms with E-state index in [2.05, 4.69) is 32.2 Å². The largest absolute Gasteiger partial charge is 0.337 e. The van der Waals surface area contributed by atoms with Crippen molar-refractivity contribution in [3.05, 3.63) is 40.6 Å². The first kappa shape index (κ1) is 14.0. The third-order valence-electron chi connectivity index (χ3n) is 3.50. The van der Waals surface area contributed by atoms with E-state index >= 15 is 0 Å². The highest BCUT2D eigenvalue weighted by molar-refractivity contribution is 7.14. The summed E-state index contributed by atoms with van der Waals surface area (Å²) in [5, 5.41) is 4.14. The smallest absolute Gasteiger partial charge is 0.240 e. The predicted molar refractivity (Wildman–Crippen MR) is 83.4 cm³/mol. The molecule has 0 fully saturated rings. The van der Waals surface area contributed by atoms with Crippen molar-refractivity contribution >= 4 is 23.0 Å². The van der Waals surface area contributed by atoms with Crippen LogP contribution in [0.5, 0.6) is 0 Å². The van der Waals surface area contributed by atoms with E-state index in [-0.39, 0.29) is 5.91 Å². The van der Waals surface area contributed by atoms with Crippen molar-refractivity contribution in [2.45, 2.75) is 38.6 Å². The highest BCUT2D eigenvalue weighted by atomic mass is 32.1. The van der Waals surface area contributed by atoms with Gasteiger partial charge in [-0.25, -0.2) is 10.4 Å². The number of thiophene rings is 1. The minimum Gasteiger partial charge on any atom is -0.337 e. The summed E-state index contributed by atoms with van der Waals surface area (Å²) in [6.45, 7) is 1.02. The van der Waals surface area contributed by atoms with E-state index in [1.165, 1.54) is 16.2 Å². The SMILES string of the molecule is O=C1CCC(c2ccc(CCCCn3ccnc3)s2)=NN1. The standard InChI is InChI=1S/C15H18N4OS/c20-15-7-5-13(17-18-15)14-6-4-12(21-14)3-1-2-9-19-10-8-16-11-19/h4,6,8,10-11H,1-3,5,7,9H2,(H,18,20). The maximum atomic E-state index is 11.1. The minimum atomic E-state index is 0.00929. The maximum Gasteiger partial charge on any atom is 0.240 e. The van der Waals surface area contributed by atoms with Gasteiger partial charge < -0.3 is 4.57 Å². The second-order valence-electron chi connectivity index (χ2n) is 5.12. The van der Waals surface area contributed by atoms with E-state index in [4.69, 9.17) is 0 Å². The third kappa shape index (κ3) is 3.78. The fraction of sp³-hybridized carbons (Fsp3) is 0.400. The van der Waals surface area contributed by atoms with Crippen molar-refractivity contribution in [1.29, 1.82) is 0 Å². The van der Waals surface area contributed by atoms with Gasteiger partial charge in [-0.2, -0.15) is 5.10 Å². The third-order valence-corrected chi connectivity index (χ3v) is 4.69. The summed E-state index contributed by atoms with van der Waals surface area (Å²) >= 11 is 1.79. The molecule has 5 nitrogen and oxygen atoms in total. The van der Waals surface area contributed by atoms with E-state index in [9.17, 15) is 4.79 Å². The Labute approximate surface area is 127 Å². The normalized spacial score (nSPS) is 14.9. The lowest BCUT2D eigenvalue weighted by Gasteiger charge is -2.09. The highest BCUT2D eigenvalue weighted by Crippen LogP contribution is 2.22. The summed E-state index contributed by atoms with van der Waals surface area (Å²) in [6.07, 6.45) is 10.4. The Morgan fingerprint density at radius 1 is 1.29 bits per heavy atom. The Hall–Kier alpha value is -1.95. The molecule has 1 N–H and O–H groups in total. The fourth-order valence-corrected chi connectivity index (χ4v) is 3.40. The number of hydrogen-bond donors (Lipinski definition) is 1. The van der Waals surface area contributed by atoms with Gasteiger partial charge in [0.1, 0.15) is 0 Å². The number of nitrogens with one attached hydrogen (secondary N) is 1.